The van der Waals surface area contributed by atoms with E-state index in [2.05, 4.69) is 9.97 Å². The number of nitriles is 1. The SMILES string of the molecule is N#Cc1ccc(F)c(-c2cnc(=O)[nH]c2)c1. The molecule has 0 saturated heterocycles. The molecule has 0 radical (unpaired) electrons. The van der Waals surface area contributed by atoms with Gasteiger partial charge in [0.25, 0.3) is 0 Å². The highest BCUT2D eigenvalue weighted by molar-refractivity contribution is 5.64. The molecule has 1 aromatic carbocycles. The van der Waals surface area contributed by atoms with Gasteiger partial charge in [0.05, 0.1) is 11.6 Å². The van der Waals surface area contributed by atoms with E-state index in [9.17, 15) is 9.18 Å². The van der Waals surface area contributed by atoms with Crippen LogP contribution in [0.2, 0.25) is 0 Å². The molecule has 0 aliphatic heterocycles. The van der Waals surface area contributed by atoms with Gasteiger partial charge in [-0.05, 0) is 18.2 Å². The normalized spacial score (nSPS) is 9.75. The van der Waals surface area contributed by atoms with E-state index >= 15 is 0 Å². The Morgan fingerprint density at radius 2 is 2.25 bits per heavy atom. The third kappa shape index (κ3) is 1.81. The lowest BCUT2D eigenvalue weighted by atomic mass is 10.1. The summed E-state index contributed by atoms with van der Waals surface area (Å²) in [7, 11) is 0. The molecule has 5 heteroatoms. The van der Waals surface area contributed by atoms with Crippen LogP contribution in [0.25, 0.3) is 11.1 Å². The molecule has 0 unspecified atom stereocenters. The van der Waals surface area contributed by atoms with Gasteiger partial charge in [0.15, 0.2) is 0 Å². The van der Waals surface area contributed by atoms with Crippen LogP contribution in [0.4, 0.5) is 4.39 Å². The summed E-state index contributed by atoms with van der Waals surface area (Å²) in [6, 6.07) is 5.92. The third-order valence-corrected chi connectivity index (χ3v) is 2.08. The summed E-state index contributed by atoms with van der Waals surface area (Å²) < 4.78 is 13.5. The van der Waals surface area contributed by atoms with Crippen molar-refractivity contribution in [2.24, 2.45) is 0 Å². The van der Waals surface area contributed by atoms with Gasteiger partial charge in [-0.1, -0.05) is 0 Å². The van der Waals surface area contributed by atoms with Crippen LogP contribution in [0.15, 0.2) is 35.4 Å². The van der Waals surface area contributed by atoms with Gasteiger partial charge in [0.1, 0.15) is 5.82 Å². The number of aromatic nitrogens is 2. The van der Waals surface area contributed by atoms with E-state index in [0.29, 0.717) is 11.1 Å². The fourth-order valence-corrected chi connectivity index (χ4v) is 1.31. The van der Waals surface area contributed by atoms with E-state index in [0.717, 1.165) is 0 Å². The first-order valence-electron chi connectivity index (χ1n) is 4.45. The van der Waals surface area contributed by atoms with Crippen molar-refractivity contribution in [1.29, 1.82) is 5.26 Å². The molecule has 16 heavy (non-hydrogen) atoms. The first kappa shape index (κ1) is 10.1. The quantitative estimate of drug-likeness (QED) is 0.782. The molecule has 4 nitrogen and oxygen atoms in total. The Hall–Kier alpha value is -2.48. The fourth-order valence-electron chi connectivity index (χ4n) is 1.31. The lowest BCUT2D eigenvalue weighted by molar-refractivity contribution is 0.631. The van der Waals surface area contributed by atoms with Crippen molar-refractivity contribution in [2.75, 3.05) is 0 Å². The summed E-state index contributed by atoms with van der Waals surface area (Å²) >= 11 is 0. The van der Waals surface area contributed by atoms with Crippen molar-refractivity contribution < 1.29 is 4.39 Å². The molecule has 0 aliphatic rings. The molecular formula is C11H6FN3O. The molecule has 0 spiro atoms. The highest BCUT2D eigenvalue weighted by Gasteiger charge is 2.06. The summed E-state index contributed by atoms with van der Waals surface area (Å²) in [4.78, 5) is 16.6. The van der Waals surface area contributed by atoms with Crippen LogP contribution in [-0.2, 0) is 0 Å². The van der Waals surface area contributed by atoms with Crippen LogP contribution >= 0.6 is 0 Å². The van der Waals surface area contributed by atoms with Gasteiger partial charge in [0.2, 0.25) is 0 Å². The molecule has 1 N–H and O–H groups in total. The second kappa shape index (κ2) is 3.95. The molecule has 2 rings (SSSR count). The van der Waals surface area contributed by atoms with Crippen LogP contribution in [0, 0.1) is 17.1 Å². The summed E-state index contributed by atoms with van der Waals surface area (Å²) in [5.74, 6) is -0.465. The van der Waals surface area contributed by atoms with Crippen LogP contribution in [0.3, 0.4) is 0 Å². The first-order valence-corrected chi connectivity index (χ1v) is 4.45. The number of nitrogens with one attached hydrogen (secondary N) is 1. The Morgan fingerprint density at radius 3 is 2.88 bits per heavy atom. The van der Waals surface area contributed by atoms with Crippen molar-refractivity contribution in [1.82, 2.24) is 9.97 Å². The van der Waals surface area contributed by atoms with Crippen LogP contribution in [0.5, 0.6) is 0 Å². The van der Waals surface area contributed by atoms with Gasteiger partial charge in [-0.2, -0.15) is 5.26 Å². The fraction of sp³-hybridized carbons (Fsp3) is 0. The van der Waals surface area contributed by atoms with Crippen molar-refractivity contribution in [2.45, 2.75) is 0 Å². The van der Waals surface area contributed by atoms with Crippen molar-refractivity contribution >= 4 is 0 Å². The number of rotatable bonds is 1. The minimum Gasteiger partial charge on any atom is -0.312 e. The maximum absolute atomic E-state index is 13.5. The molecule has 0 fully saturated rings. The summed E-state index contributed by atoms with van der Waals surface area (Å²) in [6.07, 6.45) is 2.62. The minimum atomic E-state index is -0.499. The number of aromatic amines is 1. The molecule has 0 amide bonds. The van der Waals surface area contributed by atoms with E-state index in [1.807, 2.05) is 6.07 Å². The molecule has 0 atom stereocenters. The Bertz CT molecular complexity index is 607. The van der Waals surface area contributed by atoms with E-state index in [1.54, 1.807) is 0 Å². The maximum Gasteiger partial charge on any atom is 0.344 e. The topological polar surface area (TPSA) is 69.5 Å². The second-order valence-corrected chi connectivity index (χ2v) is 3.11. The molecule has 1 aromatic heterocycles. The molecular weight excluding hydrogens is 209 g/mol. The molecule has 0 saturated carbocycles. The number of H-pyrrole nitrogens is 1. The Kier molecular flexibility index (Phi) is 2.48. The van der Waals surface area contributed by atoms with Gasteiger partial charge in [0, 0.05) is 23.5 Å². The largest absolute Gasteiger partial charge is 0.344 e. The van der Waals surface area contributed by atoms with Crippen LogP contribution in [0.1, 0.15) is 5.56 Å². The second-order valence-electron chi connectivity index (χ2n) is 3.11. The number of benzene rings is 1. The van der Waals surface area contributed by atoms with Crippen LogP contribution < -0.4 is 5.69 Å². The number of halogens is 1. The van der Waals surface area contributed by atoms with E-state index < -0.39 is 11.5 Å². The molecule has 0 aliphatic carbocycles. The maximum atomic E-state index is 13.5. The third-order valence-electron chi connectivity index (χ3n) is 2.08. The van der Waals surface area contributed by atoms with Gasteiger partial charge in [-0.15, -0.1) is 0 Å². The Balaban J connectivity index is 2.59. The average molecular weight is 215 g/mol. The van der Waals surface area contributed by atoms with Crippen molar-refractivity contribution in [3.8, 4) is 17.2 Å². The predicted octanol–water partition coefficient (Wildman–Crippen LogP) is 1.45. The number of hydrogen-bond acceptors (Lipinski definition) is 3. The zero-order valence-corrected chi connectivity index (χ0v) is 8.07. The monoisotopic (exact) mass is 215 g/mol. The van der Waals surface area contributed by atoms with Gasteiger partial charge in [-0.3, -0.25) is 0 Å². The predicted molar refractivity (Wildman–Crippen MR) is 55.0 cm³/mol. The summed E-state index contributed by atoms with van der Waals surface area (Å²) in [5.41, 5.74) is 0.514. The standard InChI is InChI=1S/C11H6FN3O/c12-10-2-1-7(4-13)3-9(10)8-5-14-11(16)15-6-8/h1-3,5-6H,(H,14,15,16). The molecule has 1 heterocycles. The average Bonchev–Trinajstić information content (AvgIpc) is 2.31. The molecule has 2 aromatic rings. The van der Waals surface area contributed by atoms with E-state index in [-0.39, 0.29) is 5.56 Å². The lowest BCUT2D eigenvalue weighted by Gasteiger charge is -2.02. The molecule has 0 bridgehead atoms. The van der Waals surface area contributed by atoms with Crippen LogP contribution in [-0.4, -0.2) is 9.97 Å². The minimum absolute atomic E-state index is 0.239. The lowest BCUT2D eigenvalue weighted by Crippen LogP contribution is -2.08. The zero-order chi connectivity index (χ0) is 11.5. The van der Waals surface area contributed by atoms with E-state index in [4.69, 9.17) is 5.26 Å². The summed E-state index contributed by atoms with van der Waals surface area (Å²) in [5, 5.41) is 8.70. The first-order chi connectivity index (χ1) is 7.70. The number of hydrogen-bond donors (Lipinski definition) is 1. The Morgan fingerprint density at radius 1 is 1.44 bits per heavy atom. The van der Waals surface area contributed by atoms with Crippen molar-refractivity contribution in [3.05, 3.63) is 52.5 Å². The number of nitrogens with zero attached hydrogens (tertiary/aromatic N) is 2. The zero-order valence-electron chi connectivity index (χ0n) is 8.07. The van der Waals surface area contributed by atoms with E-state index in [1.165, 1.54) is 30.6 Å². The van der Waals surface area contributed by atoms with Crippen molar-refractivity contribution in [3.63, 3.8) is 0 Å². The molecule has 78 valence electrons. The smallest absolute Gasteiger partial charge is 0.312 e. The van der Waals surface area contributed by atoms with Gasteiger partial charge >= 0.3 is 5.69 Å². The Labute approximate surface area is 90.0 Å². The van der Waals surface area contributed by atoms with Gasteiger partial charge in [-0.25, -0.2) is 14.2 Å². The highest BCUT2D eigenvalue weighted by Crippen LogP contribution is 2.21. The highest BCUT2D eigenvalue weighted by atomic mass is 19.1. The summed E-state index contributed by atoms with van der Waals surface area (Å²) in [6.45, 7) is 0. The van der Waals surface area contributed by atoms with Gasteiger partial charge < -0.3 is 4.98 Å².